The average molecular weight is 785 g/mol. The lowest BCUT2D eigenvalue weighted by Gasteiger charge is -2.39. The molecule has 2 aromatic carbocycles. The molecule has 2 fully saturated rings. The van der Waals surface area contributed by atoms with Gasteiger partial charge in [-0.15, -0.1) is 5.10 Å². The predicted molar refractivity (Wildman–Crippen MR) is 198 cm³/mol. The molecule has 50 heavy (non-hydrogen) atoms. The maximum atomic E-state index is 6.12. The van der Waals surface area contributed by atoms with Gasteiger partial charge in [-0.3, -0.25) is 0 Å². The van der Waals surface area contributed by atoms with E-state index < -0.39 is 0 Å². The first-order chi connectivity index (χ1) is 24.1. The molecule has 0 amide bonds. The van der Waals surface area contributed by atoms with Crippen LogP contribution in [0.3, 0.4) is 0 Å². The van der Waals surface area contributed by atoms with E-state index in [1.165, 1.54) is 18.5 Å². The third-order valence-electron chi connectivity index (χ3n) is 8.95. The number of anilines is 1. The summed E-state index contributed by atoms with van der Waals surface area (Å²) in [5.74, 6) is 4.69. The molecule has 0 N–H and O–H groups in total. The first-order valence-electron chi connectivity index (χ1n) is 16.8. The van der Waals surface area contributed by atoms with Gasteiger partial charge in [0, 0.05) is 47.5 Å². The Balaban J connectivity index is 0.000000214. The highest BCUT2D eigenvalue weighted by Gasteiger charge is 2.42. The second-order valence-corrected chi connectivity index (χ2v) is 14.7. The minimum atomic E-state index is 0.153. The second-order valence-electron chi connectivity index (χ2n) is 13.1. The van der Waals surface area contributed by atoms with Crippen molar-refractivity contribution in [3.05, 3.63) is 87.5 Å². The van der Waals surface area contributed by atoms with E-state index >= 15 is 0 Å². The Hall–Kier alpha value is -3.87. The normalized spacial score (nSPS) is 18.3. The van der Waals surface area contributed by atoms with Crippen molar-refractivity contribution in [2.24, 2.45) is 17.8 Å². The van der Waals surface area contributed by atoms with Crippen LogP contribution in [0.15, 0.2) is 71.6 Å². The van der Waals surface area contributed by atoms with Gasteiger partial charge < -0.3 is 19.1 Å². The molecule has 0 spiro atoms. The molecule has 3 aromatic heterocycles. The molecule has 2 aliphatic rings. The molecule has 2 bridgehead atoms. The number of aromatic nitrogens is 7. The number of hydrogen-bond donors (Lipinski definition) is 0. The fourth-order valence-corrected chi connectivity index (χ4v) is 7.29. The molecule has 5 aromatic rings. The largest absolute Gasteiger partial charge is 0.481 e. The summed E-state index contributed by atoms with van der Waals surface area (Å²) in [6.07, 6.45) is 5.22. The molecule has 14 heteroatoms. The van der Waals surface area contributed by atoms with Crippen LogP contribution in [-0.4, -0.2) is 54.7 Å². The lowest BCUT2D eigenvalue weighted by atomic mass is 9.82. The molecular weight excluding hydrogens is 743 g/mol. The van der Waals surface area contributed by atoms with Crippen molar-refractivity contribution >= 4 is 44.8 Å². The summed E-state index contributed by atoms with van der Waals surface area (Å²) in [6.45, 7) is 10.3. The molecule has 4 heterocycles. The van der Waals surface area contributed by atoms with Crippen LogP contribution in [-0.2, 0) is 6.42 Å². The van der Waals surface area contributed by atoms with Crippen LogP contribution in [0.5, 0.6) is 29.4 Å². The summed E-state index contributed by atoms with van der Waals surface area (Å²) in [6, 6.07) is 19.9. The van der Waals surface area contributed by atoms with Gasteiger partial charge >= 0.3 is 12.0 Å². The van der Waals surface area contributed by atoms with Crippen LogP contribution in [0, 0.1) is 17.8 Å². The van der Waals surface area contributed by atoms with Gasteiger partial charge in [-0.1, -0.05) is 35.3 Å². The van der Waals surface area contributed by atoms with E-state index in [4.69, 9.17) is 47.5 Å². The van der Waals surface area contributed by atoms with Crippen molar-refractivity contribution in [1.82, 2.24) is 34.5 Å². The van der Waals surface area contributed by atoms with Gasteiger partial charge in [-0.25, -0.2) is 14.3 Å². The molecular formula is C36H41BrCl2N8O3. The van der Waals surface area contributed by atoms with Crippen LogP contribution >= 0.6 is 39.1 Å². The Morgan fingerprint density at radius 1 is 0.800 bits per heavy atom. The first kappa shape index (κ1) is 35.9. The van der Waals surface area contributed by atoms with Crippen LogP contribution < -0.4 is 19.1 Å². The molecule has 11 nitrogen and oxygen atoms in total. The van der Waals surface area contributed by atoms with E-state index in [2.05, 4.69) is 55.8 Å². The van der Waals surface area contributed by atoms with E-state index in [9.17, 15) is 0 Å². The van der Waals surface area contributed by atoms with Crippen molar-refractivity contribution in [3.8, 4) is 29.4 Å². The number of hydrogen-bond acceptors (Lipinski definition) is 9. The van der Waals surface area contributed by atoms with Crippen molar-refractivity contribution in [2.45, 2.75) is 59.0 Å². The zero-order chi connectivity index (χ0) is 35.4. The standard InChI is InChI=1S/C25H30ClN5O2.C11H11BrClN3O/c1-16(2)31-25(33-21-6-4-5-19(26)11-21)28-23(29-31)13-22-17-7-8-18(22)15-30(14-17)20-9-10-27-24(12-20)32-3;1-7(2)16-11(14-10(12)15-16)17-9-5-3-4-8(13)6-9/h4-6,9-12,16-18,22H,7-8,13-15H2,1-3H3;3-7H,1-2H3/t17-,18+,22?;. The van der Waals surface area contributed by atoms with E-state index in [0.717, 1.165) is 25.3 Å². The van der Waals surface area contributed by atoms with Gasteiger partial charge in [0.25, 0.3) is 0 Å². The second kappa shape index (κ2) is 16.0. The van der Waals surface area contributed by atoms with Crippen LogP contribution in [0.1, 0.15) is 58.4 Å². The summed E-state index contributed by atoms with van der Waals surface area (Å²) < 4.78 is 21.1. The number of ether oxygens (including phenoxy) is 3. The topological polar surface area (TPSA) is 105 Å². The summed E-state index contributed by atoms with van der Waals surface area (Å²) in [7, 11) is 1.66. The van der Waals surface area contributed by atoms with Gasteiger partial charge in [0.15, 0.2) is 5.82 Å². The van der Waals surface area contributed by atoms with E-state index in [0.29, 0.717) is 61.9 Å². The van der Waals surface area contributed by atoms with Crippen molar-refractivity contribution in [1.29, 1.82) is 0 Å². The molecule has 1 unspecified atom stereocenters. The number of fused-ring (bicyclic) bond motifs is 2. The van der Waals surface area contributed by atoms with Gasteiger partial charge in [0.1, 0.15) is 11.5 Å². The highest BCUT2D eigenvalue weighted by molar-refractivity contribution is 9.10. The number of benzene rings is 2. The van der Waals surface area contributed by atoms with Gasteiger partial charge in [-0.2, -0.15) is 15.1 Å². The predicted octanol–water partition coefficient (Wildman–Crippen LogP) is 9.48. The molecule has 264 valence electrons. The van der Waals surface area contributed by atoms with Crippen LogP contribution in [0.4, 0.5) is 5.69 Å². The zero-order valence-electron chi connectivity index (χ0n) is 28.7. The zero-order valence-corrected chi connectivity index (χ0v) is 31.8. The molecule has 1 aliphatic carbocycles. The van der Waals surface area contributed by atoms with Crippen molar-refractivity contribution in [2.75, 3.05) is 25.1 Å². The van der Waals surface area contributed by atoms with E-state index in [-0.39, 0.29) is 12.1 Å². The SMILES string of the molecule is CC(C)n1nc(Br)nc1Oc1cccc(Cl)c1.COc1cc(N2C[C@H]3CC[C@@H](C2)C3Cc2nc(Oc3cccc(Cl)c3)n(C(C)C)n2)ccn1. The van der Waals surface area contributed by atoms with Gasteiger partial charge in [0.2, 0.25) is 10.6 Å². The van der Waals surface area contributed by atoms with Crippen LogP contribution in [0.25, 0.3) is 0 Å². The first-order valence-corrected chi connectivity index (χ1v) is 18.3. The smallest absolute Gasteiger partial charge is 0.321 e. The Morgan fingerprint density at radius 3 is 1.94 bits per heavy atom. The summed E-state index contributed by atoms with van der Waals surface area (Å²) in [5, 5.41) is 10.3. The molecule has 1 aliphatic heterocycles. The quantitative estimate of drug-likeness (QED) is 0.137. The Bertz CT molecular complexity index is 1890. The van der Waals surface area contributed by atoms with Crippen molar-refractivity contribution < 1.29 is 14.2 Å². The lowest BCUT2D eigenvalue weighted by Crippen LogP contribution is -2.42. The number of methoxy groups -OCH3 is 1. The minimum absolute atomic E-state index is 0.153. The maximum Gasteiger partial charge on any atom is 0.321 e. The lowest BCUT2D eigenvalue weighted by molar-refractivity contribution is 0.265. The van der Waals surface area contributed by atoms with Crippen LogP contribution in [0.2, 0.25) is 10.0 Å². The maximum absolute atomic E-state index is 6.12. The third-order valence-corrected chi connectivity index (χ3v) is 9.75. The van der Waals surface area contributed by atoms with E-state index in [1.54, 1.807) is 30.0 Å². The Labute approximate surface area is 311 Å². The number of halogens is 3. The number of piperidine rings is 1. The molecule has 0 radical (unpaired) electrons. The van der Waals surface area contributed by atoms with Gasteiger partial charge in [-0.05, 0) is 117 Å². The minimum Gasteiger partial charge on any atom is -0.481 e. The summed E-state index contributed by atoms with van der Waals surface area (Å²) in [5.41, 5.74) is 1.19. The average Bonchev–Trinajstić information content (AvgIpc) is 3.72. The number of pyridine rings is 1. The molecule has 7 rings (SSSR count). The number of rotatable bonds is 10. The highest BCUT2D eigenvalue weighted by atomic mass is 79.9. The summed E-state index contributed by atoms with van der Waals surface area (Å²) >= 11 is 15.2. The van der Waals surface area contributed by atoms with E-state index in [1.807, 2.05) is 61.1 Å². The van der Waals surface area contributed by atoms with Crippen molar-refractivity contribution in [3.63, 3.8) is 0 Å². The van der Waals surface area contributed by atoms with Gasteiger partial charge in [0.05, 0.1) is 19.2 Å². The summed E-state index contributed by atoms with van der Waals surface area (Å²) in [4.78, 5) is 15.7. The number of nitrogens with zero attached hydrogens (tertiary/aromatic N) is 8. The fraction of sp³-hybridized carbons (Fsp3) is 0.417. The fourth-order valence-electron chi connectivity index (χ4n) is 6.60. The monoisotopic (exact) mass is 782 g/mol. The molecule has 3 atom stereocenters. The third kappa shape index (κ3) is 8.70. The molecule has 1 saturated carbocycles. The Morgan fingerprint density at radius 2 is 1.38 bits per heavy atom. The molecule has 1 saturated heterocycles. The Kier molecular flexibility index (Phi) is 11.5. The highest BCUT2D eigenvalue weighted by Crippen LogP contribution is 2.45.